The van der Waals surface area contributed by atoms with Crippen LogP contribution in [0.25, 0.3) is 0 Å². The Morgan fingerprint density at radius 1 is 1.33 bits per heavy atom. The van der Waals surface area contributed by atoms with E-state index in [4.69, 9.17) is 9.47 Å². The first-order chi connectivity index (χ1) is 10.0. The molecule has 21 heavy (non-hydrogen) atoms. The van der Waals surface area contributed by atoms with Gasteiger partial charge in [-0.25, -0.2) is 4.39 Å². The fourth-order valence-corrected chi connectivity index (χ4v) is 2.08. The second-order valence-corrected chi connectivity index (χ2v) is 4.75. The molecule has 5 nitrogen and oxygen atoms in total. The average molecular weight is 298 g/mol. The Labute approximate surface area is 124 Å². The molecule has 0 fully saturated rings. The van der Waals surface area contributed by atoms with E-state index in [1.807, 2.05) is 0 Å². The maximum atomic E-state index is 14.0. The smallest absolute Gasteiger partial charge is 0.236 e. The van der Waals surface area contributed by atoms with Crippen molar-refractivity contribution in [1.29, 1.82) is 0 Å². The van der Waals surface area contributed by atoms with Crippen LogP contribution in [0.4, 0.5) is 4.39 Å². The maximum absolute atomic E-state index is 14.0. The molecule has 0 bridgehead atoms. The van der Waals surface area contributed by atoms with E-state index < -0.39 is 6.04 Å². The highest BCUT2D eigenvalue weighted by atomic mass is 19.1. The van der Waals surface area contributed by atoms with E-state index in [1.54, 1.807) is 33.1 Å². The van der Waals surface area contributed by atoms with Gasteiger partial charge in [-0.2, -0.15) is 0 Å². The fourth-order valence-electron chi connectivity index (χ4n) is 2.08. The van der Waals surface area contributed by atoms with Crippen molar-refractivity contribution in [2.75, 3.05) is 27.4 Å². The van der Waals surface area contributed by atoms with Gasteiger partial charge in [0.15, 0.2) is 0 Å². The number of benzene rings is 1. The summed E-state index contributed by atoms with van der Waals surface area (Å²) >= 11 is 0. The molecule has 0 radical (unpaired) electrons. The van der Waals surface area contributed by atoms with Crippen molar-refractivity contribution in [3.05, 3.63) is 29.6 Å². The van der Waals surface area contributed by atoms with Crippen LogP contribution in [0.1, 0.15) is 25.5 Å². The lowest BCUT2D eigenvalue weighted by Gasteiger charge is -2.22. The normalized spacial score (nSPS) is 13.6. The van der Waals surface area contributed by atoms with Crippen molar-refractivity contribution in [2.24, 2.45) is 0 Å². The summed E-state index contributed by atoms with van der Waals surface area (Å²) in [6.07, 6.45) is 0. The van der Waals surface area contributed by atoms with E-state index >= 15 is 0 Å². The molecule has 0 aliphatic carbocycles. The van der Waals surface area contributed by atoms with E-state index in [1.165, 1.54) is 13.2 Å². The molecular weight excluding hydrogens is 275 g/mol. The summed E-state index contributed by atoms with van der Waals surface area (Å²) < 4.78 is 24.0. The zero-order chi connectivity index (χ0) is 15.8. The van der Waals surface area contributed by atoms with E-state index in [9.17, 15) is 9.18 Å². The first-order valence-electron chi connectivity index (χ1n) is 6.86. The monoisotopic (exact) mass is 298 g/mol. The van der Waals surface area contributed by atoms with Gasteiger partial charge in [0.05, 0.1) is 19.8 Å². The molecule has 1 aromatic rings. The van der Waals surface area contributed by atoms with Crippen molar-refractivity contribution in [3.63, 3.8) is 0 Å². The number of carbonyl (C=O) groups is 1. The molecule has 0 aliphatic rings. The molecule has 2 atom stereocenters. The van der Waals surface area contributed by atoms with Crippen molar-refractivity contribution >= 4 is 5.91 Å². The van der Waals surface area contributed by atoms with Crippen LogP contribution in [0.15, 0.2) is 18.2 Å². The first kappa shape index (κ1) is 17.4. The maximum Gasteiger partial charge on any atom is 0.236 e. The Hall–Kier alpha value is -1.66. The van der Waals surface area contributed by atoms with E-state index in [0.29, 0.717) is 24.5 Å². The number of nitrogens with one attached hydrogen (secondary N) is 2. The Morgan fingerprint density at radius 2 is 2.05 bits per heavy atom. The zero-order valence-electron chi connectivity index (χ0n) is 12.9. The number of ether oxygens (including phenoxy) is 2. The number of rotatable bonds is 8. The lowest BCUT2D eigenvalue weighted by molar-refractivity contribution is -0.123. The zero-order valence-corrected chi connectivity index (χ0v) is 12.9. The molecule has 0 spiro atoms. The summed E-state index contributed by atoms with van der Waals surface area (Å²) in [4.78, 5) is 11.9. The summed E-state index contributed by atoms with van der Waals surface area (Å²) in [6.45, 7) is 4.42. The molecule has 2 N–H and O–H groups in total. The summed E-state index contributed by atoms with van der Waals surface area (Å²) in [5, 5.41) is 5.80. The lowest BCUT2D eigenvalue weighted by atomic mass is 10.1. The second kappa shape index (κ2) is 8.59. The highest BCUT2D eigenvalue weighted by Crippen LogP contribution is 2.27. The minimum atomic E-state index is -0.457. The minimum Gasteiger partial charge on any atom is -0.496 e. The van der Waals surface area contributed by atoms with Gasteiger partial charge in [0.2, 0.25) is 5.91 Å². The number of methoxy groups -OCH3 is 2. The van der Waals surface area contributed by atoms with Gasteiger partial charge in [0.1, 0.15) is 11.6 Å². The topological polar surface area (TPSA) is 59.6 Å². The van der Waals surface area contributed by atoms with Crippen LogP contribution >= 0.6 is 0 Å². The molecule has 0 saturated carbocycles. The van der Waals surface area contributed by atoms with Gasteiger partial charge in [-0.1, -0.05) is 6.07 Å². The molecule has 6 heteroatoms. The highest BCUT2D eigenvalue weighted by molar-refractivity contribution is 5.81. The second-order valence-electron chi connectivity index (χ2n) is 4.75. The predicted octanol–water partition coefficient (Wildman–Crippen LogP) is 1.64. The number of amides is 1. The summed E-state index contributed by atoms with van der Waals surface area (Å²) in [5.74, 6) is -0.0578. The van der Waals surface area contributed by atoms with Crippen LogP contribution < -0.4 is 15.4 Å². The Kier molecular flexibility index (Phi) is 7.11. The molecule has 0 aromatic heterocycles. The highest BCUT2D eigenvalue weighted by Gasteiger charge is 2.20. The Bertz CT molecular complexity index is 468. The number of hydrogen-bond donors (Lipinski definition) is 2. The third-order valence-electron chi connectivity index (χ3n) is 3.16. The van der Waals surface area contributed by atoms with Crippen molar-refractivity contribution < 1.29 is 18.7 Å². The third kappa shape index (κ3) is 4.99. The molecule has 0 aliphatic heterocycles. The van der Waals surface area contributed by atoms with Gasteiger partial charge in [-0.3, -0.25) is 10.1 Å². The summed E-state index contributed by atoms with van der Waals surface area (Å²) in [5.41, 5.74) is 0.413. The van der Waals surface area contributed by atoms with Crippen LogP contribution in [0.3, 0.4) is 0 Å². The standard InChI is InChI=1S/C15H23FN2O3/c1-10(14-12(16)6-5-7-13(14)21-4)18-11(2)15(19)17-8-9-20-3/h5-7,10-11,18H,8-9H2,1-4H3,(H,17,19). The molecule has 0 heterocycles. The average Bonchev–Trinajstić information content (AvgIpc) is 2.46. The largest absolute Gasteiger partial charge is 0.496 e. The van der Waals surface area contributed by atoms with Gasteiger partial charge in [0, 0.05) is 25.3 Å². The van der Waals surface area contributed by atoms with E-state index in [-0.39, 0.29) is 17.8 Å². The van der Waals surface area contributed by atoms with Gasteiger partial charge < -0.3 is 14.8 Å². The lowest BCUT2D eigenvalue weighted by Crippen LogP contribution is -2.44. The Morgan fingerprint density at radius 3 is 2.67 bits per heavy atom. The molecule has 1 amide bonds. The fraction of sp³-hybridized carbons (Fsp3) is 0.533. The van der Waals surface area contributed by atoms with Gasteiger partial charge in [-0.05, 0) is 26.0 Å². The SMILES string of the molecule is COCCNC(=O)C(C)NC(C)c1c(F)cccc1OC. The van der Waals surface area contributed by atoms with Crippen LogP contribution in [0, 0.1) is 5.82 Å². The van der Waals surface area contributed by atoms with Crippen LogP contribution in [0.2, 0.25) is 0 Å². The molecule has 1 aromatic carbocycles. The van der Waals surface area contributed by atoms with Gasteiger partial charge >= 0.3 is 0 Å². The van der Waals surface area contributed by atoms with Crippen molar-refractivity contribution in [3.8, 4) is 5.75 Å². The van der Waals surface area contributed by atoms with E-state index in [0.717, 1.165) is 0 Å². The molecule has 1 rings (SSSR count). The number of hydrogen-bond acceptors (Lipinski definition) is 4. The molecule has 2 unspecified atom stereocenters. The summed E-state index contributed by atoms with van der Waals surface area (Å²) in [6, 6.07) is 3.84. The first-order valence-corrected chi connectivity index (χ1v) is 6.86. The van der Waals surface area contributed by atoms with Crippen molar-refractivity contribution in [1.82, 2.24) is 10.6 Å². The van der Waals surface area contributed by atoms with Crippen molar-refractivity contribution in [2.45, 2.75) is 25.9 Å². The molecular formula is C15H23FN2O3. The number of carbonyl (C=O) groups excluding carboxylic acids is 1. The Balaban J connectivity index is 2.68. The third-order valence-corrected chi connectivity index (χ3v) is 3.16. The quantitative estimate of drug-likeness (QED) is 0.716. The molecule has 0 saturated heterocycles. The minimum absolute atomic E-state index is 0.158. The van der Waals surface area contributed by atoms with Crippen LogP contribution in [-0.2, 0) is 9.53 Å². The molecule has 118 valence electrons. The van der Waals surface area contributed by atoms with Crippen LogP contribution in [-0.4, -0.2) is 39.3 Å². The van der Waals surface area contributed by atoms with Gasteiger partial charge in [-0.15, -0.1) is 0 Å². The number of halogens is 1. The summed E-state index contributed by atoms with van der Waals surface area (Å²) in [7, 11) is 3.06. The van der Waals surface area contributed by atoms with Crippen LogP contribution in [0.5, 0.6) is 5.75 Å². The predicted molar refractivity (Wildman–Crippen MR) is 78.9 cm³/mol. The van der Waals surface area contributed by atoms with Gasteiger partial charge in [0.25, 0.3) is 0 Å². The van der Waals surface area contributed by atoms with E-state index in [2.05, 4.69) is 10.6 Å².